The number of pyridine rings is 1. The van der Waals surface area contributed by atoms with Crippen LogP contribution in [0.15, 0.2) is 10.5 Å². The number of hydrogen-bond acceptors (Lipinski definition) is 4. The smallest absolute Gasteiger partial charge is 0.340 e. The fraction of sp³-hybridized carbons (Fsp3) is 0.222. The molecular weight excluding hydrogens is 250 g/mol. The third-order valence-corrected chi connectivity index (χ3v) is 2.50. The van der Waals surface area contributed by atoms with Crippen molar-refractivity contribution >= 4 is 28.2 Å². The van der Waals surface area contributed by atoms with Crippen LogP contribution in [-0.2, 0) is 4.74 Å². The number of aryl methyl sites for hydroxylation is 1. The largest absolute Gasteiger partial charge is 0.465 e. The molecule has 1 heterocycles. The molecule has 0 aromatic carbocycles. The van der Waals surface area contributed by atoms with Gasteiger partial charge in [0.15, 0.2) is 6.29 Å². The number of methoxy groups -OCH3 is 1. The highest BCUT2D eigenvalue weighted by Crippen LogP contribution is 2.18. The van der Waals surface area contributed by atoms with Crippen molar-refractivity contribution in [2.45, 2.75) is 6.92 Å². The van der Waals surface area contributed by atoms with Gasteiger partial charge in [-0.3, -0.25) is 4.79 Å². The van der Waals surface area contributed by atoms with Gasteiger partial charge in [-0.05, 0) is 28.9 Å². The van der Waals surface area contributed by atoms with Crippen molar-refractivity contribution in [1.29, 1.82) is 0 Å². The van der Waals surface area contributed by atoms with Gasteiger partial charge in [0.25, 0.3) is 0 Å². The van der Waals surface area contributed by atoms with Crippen LogP contribution in [0.5, 0.6) is 0 Å². The first-order valence-electron chi connectivity index (χ1n) is 3.80. The number of carbonyl (C=O) groups is 2. The van der Waals surface area contributed by atoms with E-state index in [0.717, 1.165) is 0 Å². The Kier molecular flexibility index (Phi) is 3.35. The molecule has 0 fully saturated rings. The molecule has 0 amide bonds. The zero-order valence-corrected chi connectivity index (χ0v) is 9.29. The third-order valence-electron chi connectivity index (χ3n) is 1.70. The van der Waals surface area contributed by atoms with Gasteiger partial charge in [0.1, 0.15) is 5.69 Å². The van der Waals surface area contributed by atoms with E-state index in [9.17, 15) is 9.59 Å². The van der Waals surface area contributed by atoms with E-state index in [4.69, 9.17) is 0 Å². The summed E-state index contributed by atoms with van der Waals surface area (Å²) in [7, 11) is 1.25. The Balaban J connectivity index is 3.34. The number of carbonyl (C=O) groups excluding carboxylic acids is 2. The predicted molar refractivity (Wildman–Crippen MR) is 53.4 cm³/mol. The maximum atomic E-state index is 11.2. The predicted octanol–water partition coefficient (Wildman–Crippen LogP) is 1.75. The molecule has 0 atom stereocenters. The molecule has 1 aromatic heterocycles. The summed E-state index contributed by atoms with van der Waals surface area (Å²) in [5, 5.41) is 0. The fourth-order valence-corrected chi connectivity index (χ4v) is 1.28. The number of rotatable bonds is 2. The van der Waals surface area contributed by atoms with E-state index in [1.54, 1.807) is 6.92 Å². The number of ether oxygens (including phenoxy) is 1. The van der Waals surface area contributed by atoms with Gasteiger partial charge < -0.3 is 4.74 Å². The minimum absolute atomic E-state index is 0.0950. The lowest BCUT2D eigenvalue weighted by atomic mass is 10.2. The first kappa shape index (κ1) is 10.8. The standard InChI is InChI=1S/C9H8BrNO3/c1-5-7(10)3-6(9(13)14-2)8(4-12)11-5/h3-4H,1-2H3. The molecule has 4 nitrogen and oxygen atoms in total. The van der Waals surface area contributed by atoms with E-state index in [0.29, 0.717) is 16.5 Å². The van der Waals surface area contributed by atoms with Crippen LogP contribution in [0.3, 0.4) is 0 Å². The molecule has 5 heteroatoms. The summed E-state index contributed by atoms with van der Waals surface area (Å²) in [5.74, 6) is -0.569. The van der Waals surface area contributed by atoms with Crippen molar-refractivity contribution in [1.82, 2.24) is 4.98 Å². The van der Waals surface area contributed by atoms with Gasteiger partial charge in [0.05, 0.1) is 18.4 Å². The lowest BCUT2D eigenvalue weighted by Crippen LogP contribution is -2.08. The van der Waals surface area contributed by atoms with Crippen LogP contribution in [-0.4, -0.2) is 24.3 Å². The fourth-order valence-electron chi connectivity index (χ4n) is 0.963. The van der Waals surface area contributed by atoms with Crippen LogP contribution in [0.25, 0.3) is 0 Å². The van der Waals surface area contributed by atoms with Gasteiger partial charge in [-0.15, -0.1) is 0 Å². The molecule has 1 rings (SSSR count). The summed E-state index contributed by atoms with van der Waals surface area (Å²) in [4.78, 5) is 25.8. The second-order valence-corrected chi connectivity index (χ2v) is 3.45. The monoisotopic (exact) mass is 257 g/mol. The quantitative estimate of drug-likeness (QED) is 0.599. The lowest BCUT2D eigenvalue weighted by molar-refractivity contribution is 0.0597. The second-order valence-electron chi connectivity index (χ2n) is 2.60. The minimum Gasteiger partial charge on any atom is -0.465 e. The Hall–Kier alpha value is -1.23. The Morgan fingerprint density at radius 1 is 1.64 bits per heavy atom. The molecule has 0 aliphatic rings. The summed E-state index contributed by atoms with van der Waals surface area (Å²) in [6, 6.07) is 1.53. The van der Waals surface area contributed by atoms with Crippen molar-refractivity contribution in [2.75, 3.05) is 7.11 Å². The van der Waals surface area contributed by atoms with Crippen LogP contribution >= 0.6 is 15.9 Å². The maximum absolute atomic E-state index is 11.2. The number of hydrogen-bond donors (Lipinski definition) is 0. The van der Waals surface area contributed by atoms with Gasteiger partial charge in [-0.25, -0.2) is 9.78 Å². The topological polar surface area (TPSA) is 56.3 Å². The van der Waals surface area contributed by atoms with Crippen molar-refractivity contribution < 1.29 is 14.3 Å². The van der Waals surface area contributed by atoms with Crippen LogP contribution in [0.4, 0.5) is 0 Å². The highest BCUT2D eigenvalue weighted by Gasteiger charge is 2.14. The van der Waals surface area contributed by atoms with Crippen molar-refractivity contribution in [3.05, 3.63) is 27.5 Å². The molecule has 14 heavy (non-hydrogen) atoms. The lowest BCUT2D eigenvalue weighted by Gasteiger charge is -2.04. The van der Waals surface area contributed by atoms with Crippen LogP contribution < -0.4 is 0 Å². The number of halogens is 1. The van der Waals surface area contributed by atoms with Gasteiger partial charge >= 0.3 is 5.97 Å². The summed E-state index contributed by atoms with van der Waals surface area (Å²) in [5.41, 5.74) is 0.914. The van der Waals surface area contributed by atoms with Gasteiger partial charge in [-0.2, -0.15) is 0 Å². The Morgan fingerprint density at radius 2 is 2.29 bits per heavy atom. The summed E-state index contributed by atoms with van der Waals surface area (Å²) < 4.78 is 5.18. The summed E-state index contributed by atoms with van der Waals surface area (Å²) in [6.45, 7) is 1.73. The highest BCUT2D eigenvalue weighted by molar-refractivity contribution is 9.10. The molecular formula is C9H8BrNO3. The first-order valence-corrected chi connectivity index (χ1v) is 4.60. The van der Waals surface area contributed by atoms with Gasteiger partial charge in [-0.1, -0.05) is 0 Å². The average molecular weight is 258 g/mol. The molecule has 74 valence electrons. The van der Waals surface area contributed by atoms with Crippen LogP contribution in [0.2, 0.25) is 0 Å². The SMILES string of the molecule is COC(=O)c1cc(Br)c(C)nc1C=O. The zero-order chi connectivity index (χ0) is 10.7. The normalized spacial score (nSPS) is 9.64. The minimum atomic E-state index is -0.569. The Bertz CT molecular complexity index is 390. The van der Waals surface area contributed by atoms with E-state index in [1.807, 2.05) is 0 Å². The van der Waals surface area contributed by atoms with E-state index >= 15 is 0 Å². The summed E-state index contributed by atoms with van der Waals surface area (Å²) >= 11 is 3.22. The molecule has 0 spiro atoms. The average Bonchev–Trinajstić information content (AvgIpc) is 2.20. The molecule has 0 radical (unpaired) electrons. The Morgan fingerprint density at radius 3 is 2.79 bits per heavy atom. The molecule has 0 N–H and O–H groups in total. The number of aldehydes is 1. The number of esters is 1. The molecule has 0 saturated heterocycles. The molecule has 0 aliphatic carbocycles. The number of aromatic nitrogens is 1. The molecule has 0 bridgehead atoms. The molecule has 0 aliphatic heterocycles. The van der Waals surface area contributed by atoms with Gasteiger partial charge in [0, 0.05) is 4.47 Å². The van der Waals surface area contributed by atoms with Crippen LogP contribution in [0.1, 0.15) is 26.5 Å². The highest BCUT2D eigenvalue weighted by atomic mass is 79.9. The second kappa shape index (κ2) is 4.32. The van der Waals surface area contributed by atoms with Crippen molar-refractivity contribution in [3.63, 3.8) is 0 Å². The van der Waals surface area contributed by atoms with E-state index in [-0.39, 0.29) is 11.3 Å². The molecule has 0 saturated carbocycles. The van der Waals surface area contributed by atoms with E-state index in [1.165, 1.54) is 13.2 Å². The van der Waals surface area contributed by atoms with E-state index < -0.39 is 5.97 Å². The summed E-state index contributed by atoms with van der Waals surface area (Å²) in [6.07, 6.45) is 0.533. The third kappa shape index (κ3) is 1.98. The zero-order valence-electron chi connectivity index (χ0n) is 7.70. The van der Waals surface area contributed by atoms with Gasteiger partial charge in [0.2, 0.25) is 0 Å². The van der Waals surface area contributed by atoms with Crippen molar-refractivity contribution in [2.24, 2.45) is 0 Å². The van der Waals surface area contributed by atoms with Crippen molar-refractivity contribution in [3.8, 4) is 0 Å². The van der Waals surface area contributed by atoms with E-state index in [2.05, 4.69) is 25.7 Å². The molecule has 1 aromatic rings. The van der Waals surface area contributed by atoms with Crippen LogP contribution in [0, 0.1) is 6.92 Å². The Labute approximate surface area is 89.4 Å². The molecule has 0 unspecified atom stereocenters. The number of nitrogens with zero attached hydrogens (tertiary/aromatic N) is 1. The maximum Gasteiger partial charge on any atom is 0.340 e. The first-order chi connectivity index (χ1) is 6.60.